The zero-order chi connectivity index (χ0) is 18.4. The molecule has 0 atom stereocenters. The molecule has 7 heteroatoms. The lowest BCUT2D eigenvalue weighted by atomic mass is 10.2. The summed E-state index contributed by atoms with van der Waals surface area (Å²) in [6, 6.07) is 15.4. The molecule has 0 fully saturated rings. The molecular weight excluding hydrogens is 333 g/mol. The Morgan fingerprint density at radius 2 is 1.73 bits per heavy atom. The fourth-order valence-corrected chi connectivity index (χ4v) is 2.34. The fraction of sp³-hybridized carbons (Fsp3) is 0.105. The van der Waals surface area contributed by atoms with Crippen molar-refractivity contribution in [3.8, 4) is 0 Å². The van der Waals surface area contributed by atoms with Gasteiger partial charge in [-0.15, -0.1) is 0 Å². The molecule has 3 rings (SSSR count). The number of amides is 1. The van der Waals surface area contributed by atoms with Gasteiger partial charge in [0.1, 0.15) is 23.8 Å². The summed E-state index contributed by atoms with van der Waals surface area (Å²) in [5.74, 6) is 0.867. The van der Waals surface area contributed by atoms with Gasteiger partial charge in [-0.2, -0.15) is 0 Å². The zero-order valence-electron chi connectivity index (χ0n) is 14.2. The molecule has 0 saturated heterocycles. The summed E-state index contributed by atoms with van der Waals surface area (Å²) in [6.07, 6.45) is 1.45. The van der Waals surface area contributed by atoms with Gasteiger partial charge in [-0.25, -0.2) is 14.4 Å². The first kappa shape index (κ1) is 17.3. The molecule has 0 aliphatic carbocycles. The number of hydrogen-bond donors (Lipinski definition) is 3. The zero-order valence-corrected chi connectivity index (χ0v) is 14.2. The Kier molecular flexibility index (Phi) is 5.38. The van der Waals surface area contributed by atoms with E-state index in [-0.39, 0.29) is 11.7 Å². The number of nitrogens with zero attached hydrogens (tertiary/aromatic N) is 2. The largest absolute Gasteiger partial charge is 0.366 e. The van der Waals surface area contributed by atoms with Gasteiger partial charge in [0.25, 0.3) is 0 Å². The lowest BCUT2D eigenvalue weighted by Crippen LogP contribution is -2.06. The van der Waals surface area contributed by atoms with Crippen LogP contribution in [0.2, 0.25) is 0 Å². The second kappa shape index (κ2) is 8.06. The predicted octanol–water partition coefficient (Wildman–Crippen LogP) is 3.93. The molecule has 0 bridgehead atoms. The maximum Gasteiger partial charge on any atom is 0.221 e. The maximum absolute atomic E-state index is 12.9. The molecule has 0 radical (unpaired) electrons. The number of rotatable bonds is 6. The van der Waals surface area contributed by atoms with Crippen molar-refractivity contribution in [1.29, 1.82) is 0 Å². The van der Waals surface area contributed by atoms with Crippen LogP contribution in [0, 0.1) is 5.82 Å². The fourth-order valence-electron chi connectivity index (χ4n) is 2.34. The van der Waals surface area contributed by atoms with Crippen molar-refractivity contribution in [2.45, 2.75) is 13.5 Å². The summed E-state index contributed by atoms with van der Waals surface area (Å²) in [7, 11) is 0. The van der Waals surface area contributed by atoms with Crippen LogP contribution in [0.5, 0.6) is 0 Å². The monoisotopic (exact) mass is 351 g/mol. The van der Waals surface area contributed by atoms with Crippen molar-refractivity contribution in [2.75, 3.05) is 16.0 Å². The lowest BCUT2D eigenvalue weighted by molar-refractivity contribution is -0.114. The van der Waals surface area contributed by atoms with Crippen LogP contribution < -0.4 is 16.0 Å². The van der Waals surface area contributed by atoms with Crippen LogP contribution in [0.25, 0.3) is 0 Å². The van der Waals surface area contributed by atoms with E-state index in [0.717, 1.165) is 11.3 Å². The second-order valence-electron chi connectivity index (χ2n) is 5.66. The van der Waals surface area contributed by atoms with Crippen LogP contribution in [0.1, 0.15) is 12.5 Å². The minimum absolute atomic E-state index is 0.128. The quantitative estimate of drug-likeness (QED) is 0.627. The van der Waals surface area contributed by atoms with E-state index in [1.165, 1.54) is 25.4 Å². The molecule has 1 amide bonds. The summed E-state index contributed by atoms with van der Waals surface area (Å²) in [6.45, 7) is 1.98. The third kappa shape index (κ3) is 5.01. The average Bonchev–Trinajstić information content (AvgIpc) is 2.61. The van der Waals surface area contributed by atoms with Gasteiger partial charge in [-0.05, 0) is 35.9 Å². The molecule has 3 aromatic rings. The molecule has 1 heterocycles. The first-order valence-corrected chi connectivity index (χ1v) is 8.03. The van der Waals surface area contributed by atoms with Crippen molar-refractivity contribution in [3.05, 3.63) is 72.3 Å². The molecule has 0 aliphatic rings. The van der Waals surface area contributed by atoms with Crippen LogP contribution in [0.15, 0.2) is 60.9 Å². The molecule has 26 heavy (non-hydrogen) atoms. The van der Waals surface area contributed by atoms with Gasteiger partial charge in [0.15, 0.2) is 0 Å². The van der Waals surface area contributed by atoms with Crippen molar-refractivity contribution < 1.29 is 9.18 Å². The number of anilines is 4. The van der Waals surface area contributed by atoms with Gasteiger partial charge >= 0.3 is 0 Å². The Balaban J connectivity index is 1.65. The molecule has 6 nitrogen and oxygen atoms in total. The number of halogens is 1. The van der Waals surface area contributed by atoms with Crippen LogP contribution in [-0.4, -0.2) is 15.9 Å². The van der Waals surface area contributed by atoms with Crippen LogP contribution >= 0.6 is 0 Å². The molecular formula is C19H18FN5O. The van der Waals surface area contributed by atoms with E-state index in [4.69, 9.17) is 0 Å². The van der Waals surface area contributed by atoms with Crippen LogP contribution in [-0.2, 0) is 11.3 Å². The van der Waals surface area contributed by atoms with Gasteiger partial charge < -0.3 is 16.0 Å². The smallest absolute Gasteiger partial charge is 0.221 e. The van der Waals surface area contributed by atoms with Crippen molar-refractivity contribution >= 4 is 28.9 Å². The number of carbonyl (C=O) groups excluding carboxylic acids is 1. The number of hydrogen-bond acceptors (Lipinski definition) is 5. The van der Waals surface area contributed by atoms with Crippen LogP contribution in [0.3, 0.4) is 0 Å². The highest BCUT2D eigenvalue weighted by molar-refractivity contribution is 5.89. The summed E-state index contributed by atoms with van der Waals surface area (Å²) < 4.78 is 12.9. The minimum atomic E-state index is -0.260. The van der Waals surface area contributed by atoms with Gasteiger partial charge in [0.2, 0.25) is 5.91 Å². The third-order valence-electron chi connectivity index (χ3n) is 3.51. The molecule has 3 N–H and O–H groups in total. The molecule has 1 aromatic heterocycles. The lowest BCUT2D eigenvalue weighted by Gasteiger charge is -2.10. The van der Waals surface area contributed by atoms with E-state index in [0.29, 0.717) is 23.9 Å². The van der Waals surface area contributed by atoms with Gasteiger partial charge in [-0.3, -0.25) is 4.79 Å². The number of aromatic nitrogens is 2. The highest BCUT2D eigenvalue weighted by Gasteiger charge is 2.02. The maximum atomic E-state index is 12.9. The van der Waals surface area contributed by atoms with E-state index in [9.17, 15) is 9.18 Å². The van der Waals surface area contributed by atoms with Crippen LogP contribution in [0.4, 0.5) is 27.4 Å². The Labute approximate surface area is 150 Å². The molecule has 0 unspecified atom stereocenters. The summed E-state index contributed by atoms with van der Waals surface area (Å²) in [4.78, 5) is 19.5. The second-order valence-corrected chi connectivity index (χ2v) is 5.66. The highest BCUT2D eigenvalue weighted by Crippen LogP contribution is 2.20. The molecule has 0 spiro atoms. The first-order chi connectivity index (χ1) is 12.6. The summed E-state index contributed by atoms with van der Waals surface area (Å²) in [5.41, 5.74) is 2.44. The van der Waals surface area contributed by atoms with E-state index in [1.807, 2.05) is 24.3 Å². The highest BCUT2D eigenvalue weighted by atomic mass is 19.1. The third-order valence-corrected chi connectivity index (χ3v) is 3.51. The van der Waals surface area contributed by atoms with Crippen molar-refractivity contribution in [1.82, 2.24) is 9.97 Å². The molecule has 0 aliphatic heterocycles. The SMILES string of the molecule is CC(=O)Nc1cccc(Nc2cc(NCc3ccc(F)cc3)ncn2)c1. The number of nitrogens with one attached hydrogen (secondary N) is 3. The first-order valence-electron chi connectivity index (χ1n) is 8.03. The number of benzene rings is 2. The summed E-state index contributed by atoms with van der Waals surface area (Å²) in [5, 5.41) is 9.08. The van der Waals surface area contributed by atoms with Crippen molar-refractivity contribution in [2.24, 2.45) is 0 Å². The summed E-state index contributed by atoms with van der Waals surface area (Å²) >= 11 is 0. The van der Waals surface area contributed by atoms with Crippen molar-refractivity contribution in [3.63, 3.8) is 0 Å². The Hall–Kier alpha value is -3.48. The molecule has 132 valence electrons. The van der Waals surface area contributed by atoms with Gasteiger partial charge in [0, 0.05) is 30.9 Å². The Morgan fingerprint density at radius 1 is 1.00 bits per heavy atom. The number of carbonyl (C=O) groups is 1. The minimum Gasteiger partial charge on any atom is -0.366 e. The van der Waals surface area contributed by atoms with Gasteiger partial charge in [-0.1, -0.05) is 18.2 Å². The average molecular weight is 351 g/mol. The van der Waals surface area contributed by atoms with E-state index < -0.39 is 0 Å². The van der Waals surface area contributed by atoms with E-state index >= 15 is 0 Å². The predicted molar refractivity (Wildman–Crippen MR) is 99.8 cm³/mol. The Bertz CT molecular complexity index is 898. The topological polar surface area (TPSA) is 78.9 Å². The van der Waals surface area contributed by atoms with Gasteiger partial charge in [0.05, 0.1) is 0 Å². The molecule has 0 saturated carbocycles. The Morgan fingerprint density at radius 3 is 2.50 bits per heavy atom. The normalized spacial score (nSPS) is 10.2. The van der Waals surface area contributed by atoms with E-state index in [1.54, 1.807) is 18.2 Å². The van der Waals surface area contributed by atoms with E-state index in [2.05, 4.69) is 25.9 Å². The molecule has 2 aromatic carbocycles. The standard InChI is InChI=1S/C19H18FN5O/c1-13(26)24-16-3-2-4-17(9-16)25-19-10-18(22-12-23-19)21-11-14-5-7-15(20)8-6-14/h2-10,12H,11H2,1H3,(H,24,26)(H2,21,22,23,25).